The monoisotopic (exact) mass is 479 g/mol. The highest BCUT2D eigenvalue weighted by atomic mass is 16.7. The molecule has 3 N–H and O–H groups in total. The van der Waals surface area contributed by atoms with Crippen molar-refractivity contribution in [3.63, 3.8) is 0 Å². The molecule has 3 amide bonds. The molecule has 11 heteroatoms. The Morgan fingerprint density at radius 2 is 1.85 bits per heavy atom. The zero-order valence-corrected chi connectivity index (χ0v) is 20.7. The minimum atomic E-state index is -1.35. The molecule has 5 fully saturated rings. The molecular formula is C23H38BN3O7. The van der Waals surface area contributed by atoms with E-state index in [0.717, 1.165) is 19.3 Å². The second-order valence-electron chi connectivity index (χ2n) is 10.9. The lowest BCUT2D eigenvalue weighted by atomic mass is 9.43. The van der Waals surface area contributed by atoms with Crippen LogP contribution in [0.4, 0.5) is 4.79 Å². The maximum Gasteiger partial charge on any atom is 0.481 e. The van der Waals surface area contributed by atoms with Crippen molar-refractivity contribution in [3.05, 3.63) is 0 Å². The van der Waals surface area contributed by atoms with Gasteiger partial charge in [0.05, 0.1) is 37.3 Å². The first-order valence-electron chi connectivity index (χ1n) is 12.5. The summed E-state index contributed by atoms with van der Waals surface area (Å²) >= 11 is 0. The van der Waals surface area contributed by atoms with E-state index in [1.807, 2.05) is 6.92 Å². The Balaban J connectivity index is 1.42. The smallest absolute Gasteiger partial charge is 0.465 e. The second kappa shape index (κ2) is 9.66. The van der Waals surface area contributed by atoms with Crippen LogP contribution >= 0.6 is 0 Å². The molecule has 0 aromatic rings. The Hall–Kier alpha value is -1.85. The van der Waals surface area contributed by atoms with Crippen LogP contribution in [0.25, 0.3) is 0 Å². The van der Waals surface area contributed by atoms with Gasteiger partial charge in [-0.05, 0) is 43.4 Å². The third-order valence-electron chi connectivity index (χ3n) is 8.58. The van der Waals surface area contributed by atoms with Crippen molar-refractivity contribution in [2.75, 3.05) is 26.3 Å². The normalized spacial score (nSPS) is 33.4. The van der Waals surface area contributed by atoms with E-state index in [2.05, 4.69) is 31.4 Å². The van der Waals surface area contributed by atoms with Crippen LogP contribution in [0.5, 0.6) is 0 Å². The fourth-order valence-corrected chi connectivity index (χ4v) is 6.42. The van der Waals surface area contributed by atoms with E-state index in [0.29, 0.717) is 44.6 Å². The van der Waals surface area contributed by atoms with E-state index in [4.69, 9.17) is 14.0 Å². The summed E-state index contributed by atoms with van der Waals surface area (Å²) in [7, 11) is -0.602. The number of morpholine rings is 1. The number of hydrogen-bond acceptors (Lipinski definition) is 6. The third kappa shape index (κ3) is 4.66. The van der Waals surface area contributed by atoms with Crippen molar-refractivity contribution in [3.8, 4) is 0 Å². The van der Waals surface area contributed by atoms with E-state index in [1.165, 1.54) is 0 Å². The lowest BCUT2D eigenvalue weighted by Crippen LogP contribution is -2.65. The van der Waals surface area contributed by atoms with Gasteiger partial charge in [-0.25, -0.2) is 4.79 Å². The van der Waals surface area contributed by atoms with E-state index in [-0.39, 0.29) is 23.8 Å². The van der Waals surface area contributed by atoms with Crippen LogP contribution in [-0.4, -0.2) is 85.0 Å². The molecule has 3 saturated carbocycles. The van der Waals surface area contributed by atoms with Crippen LogP contribution < -0.4 is 10.6 Å². The molecule has 0 aromatic carbocycles. The summed E-state index contributed by atoms with van der Waals surface area (Å²) < 4.78 is 18.1. The molecule has 2 aliphatic heterocycles. The quantitative estimate of drug-likeness (QED) is 0.450. The molecule has 190 valence electrons. The largest absolute Gasteiger partial charge is 0.481 e. The fraction of sp³-hybridized carbons (Fsp3) is 0.870. The van der Waals surface area contributed by atoms with Crippen molar-refractivity contribution >= 4 is 25.0 Å². The van der Waals surface area contributed by atoms with Gasteiger partial charge in [-0.2, -0.15) is 0 Å². The van der Waals surface area contributed by atoms with Crippen molar-refractivity contribution in [2.45, 2.75) is 83.5 Å². The topological polar surface area (TPSA) is 126 Å². The number of carbonyl (C=O) groups excluding carboxylic acids is 2. The first kappa shape index (κ1) is 25.3. The minimum Gasteiger partial charge on any atom is -0.465 e. The van der Waals surface area contributed by atoms with Crippen molar-refractivity contribution < 1.29 is 33.5 Å². The summed E-state index contributed by atoms with van der Waals surface area (Å²) in [5.74, 6) is -0.235. The molecule has 3 aliphatic carbocycles. The number of carboxylic acid groups (broad SMARTS) is 1. The van der Waals surface area contributed by atoms with Gasteiger partial charge in [0.1, 0.15) is 6.04 Å². The molecule has 2 heterocycles. The van der Waals surface area contributed by atoms with Crippen LogP contribution in [0.3, 0.4) is 0 Å². The maximum atomic E-state index is 13.2. The first-order valence-corrected chi connectivity index (χ1v) is 12.5. The molecule has 10 nitrogen and oxygen atoms in total. The van der Waals surface area contributed by atoms with Gasteiger partial charge in [0, 0.05) is 13.1 Å². The molecular weight excluding hydrogens is 441 g/mol. The molecule has 34 heavy (non-hydrogen) atoms. The number of hydrogen-bond donors (Lipinski definition) is 3. The highest BCUT2D eigenvalue weighted by molar-refractivity contribution is 6.47. The van der Waals surface area contributed by atoms with Gasteiger partial charge in [-0.15, -0.1) is 0 Å². The van der Waals surface area contributed by atoms with Gasteiger partial charge in [-0.3, -0.25) is 9.59 Å². The number of nitrogens with one attached hydrogen (secondary N) is 2. The van der Waals surface area contributed by atoms with Crippen LogP contribution in [0, 0.1) is 17.3 Å². The Kier molecular flexibility index (Phi) is 7.17. The SMILES string of the molecule is CCC[C@H](NC(=O)C(CC(=O)N1CCOCC1)NC(=O)O)B1O[C@@H]2C[C@@H]3C[C@@H](C3(C)C)[C@]2(C)O1. The summed E-state index contributed by atoms with van der Waals surface area (Å²) in [4.78, 5) is 38.8. The van der Waals surface area contributed by atoms with Crippen molar-refractivity contribution in [2.24, 2.45) is 17.3 Å². The highest BCUT2D eigenvalue weighted by Gasteiger charge is 2.68. The van der Waals surface area contributed by atoms with E-state index < -0.39 is 36.7 Å². The Bertz CT molecular complexity index is 805. The Morgan fingerprint density at radius 3 is 2.47 bits per heavy atom. The van der Waals surface area contributed by atoms with Crippen LogP contribution in [0.1, 0.15) is 59.8 Å². The van der Waals surface area contributed by atoms with Crippen LogP contribution in [0.2, 0.25) is 0 Å². The zero-order chi connectivity index (χ0) is 24.7. The first-order chi connectivity index (χ1) is 16.1. The highest BCUT2D eigenvalue weighted by Crippen LogP contribution is 2.65. The summed E-state index contributed by atoms with van der Waals surface area (Å²) in [6, 6.07) is -1.20. The predicted molar refractivity (Wildman–Crippen MR) is 124 cm³/mol. The lowest BCUT2D eigenvalue weighted by Gasteiger charge is -2.64. The average Bonchev–Trinajstić information content (AvgIpc) is 3.15. The molecule has 2 saturated heterocycles. The zero-order valence-electron chi connectivity index (χ0n) is 20.7. The molecule has 2 bridgehead atoms. The molecule has 6 atom stereocenters. The predicted octanol–water partition coefficient (Wildman–Crippen LogP) is 1.42. The second-order valence-corrected chi connectivity index (χ2v) is 10.9. The van der Waals surface area contributed by atoms with E-state index >= 15 is 0 Å². The van der Waals surface area contributed by atoms with Gasteiger partial charge in [0.2, 0.25) is 11.8 Å². The number of carbonyl (C=O) groups is 3. The molecule has 0 radical (unpaired) electrons. The summed E-state index contributed by atoms with van der Waals surface area (Å²) in [5.41, 5.74) is -0.186. The maximum absolute atomic E-state index is 13.2. The summed E-state index contributed by atoms with van der Waals surface area (Å²) in [5, 5.41) is 14.4. The molecule has 0 spiro atoms. The van der Waals surface area contributed by atoms with Gasteiger partial charge in [-0.1, -0.05) is 27.2 Å². The van der Waals surface area contributed by atoms with E-state index in [9.17, 15) is 19.5 Å². The molecule has 5 aliphatic rings. The molecule has 0 aromatic heterocycles. The average molecular weight is 479 g/mol. The van der Waals surface area contributed by atoms with Crippen LogP contribution in [0.15, 0.2) is 0 Å². The standard InChI is InChI=1S/C23H38BN3O7/c1-5-6-18(24-33-17-12-14-11-16(22(14,2)3)23(17,4)34-24)26-20(29)15(25-21(30)31)13-19(28)27-7-9-32-10-8-27/h14-18,25H,5-13H2,1-4H3,(H,26,29)(H,30,31)/t14-,15?,16-,17+,18-,23-/m0/s1. The molecule has 5 rings (SSSR count). The van der Waals surface area contributed by atoms with Gasteiger partial charge in [0.25, 0.3) is 0 Å². The van der Waals surface area contributed by atoms with Gasteiger partial charge < -0.3 is 34.7 Å². The van der Waals surface area contributed by atoms with Crippen LogP contribution in [-0.2, 0) is 23.6 Å². The van der Waals surface area contributed by atoms with Crippen molar-refractivity contribution in [1.82, 2.24) is 15.5 Å². The summed E-state index contributed by atoms with van der Waals surface area (Å²) in [6.07, 6.45) is 1.87. The van der Waals surface area contributed by atoms with Gasteiger partial charge in [0.15, 0.2) is 0 Å². The van der Waals surface area contributed by atoms with E-state index in [1.54, 1.807) is 4.90 Å². The Morgan fingerprint density at radius 1 is 1.15 bits per heavy atom. The third-order valence-corrected chi connectivity index (χ3v) is 8.58. The van der Waals surface area contributed by atoms with Gasteiger partial charge >= 0.3 is 13.2 Å². The Labute approximate surface area is 201 Å². The minimum absolute atomic E-state index is 0.0126. The van der Waals surface area contributed by atoms with Crippen molar-refractivity contribution in [1.29, 1.82) is 0 Å². The number of rotatable bonds is 8. The number of ether oxygens (including phenoxy) is 1. The number of nitrogens with zero attached hydrogens (tertiary/aromatic N) is 1. The lowest BCUT2D eigenvalue weighted by molar-refractivity contribution is -0.199. The number of amides is 3. The summed E-state index contributed by atoms with van der Waals surface area (Å²) in [6.45, 7) is 10.5. The molecule has 1 unspecified atom stereocenters. The fourth-order valence-electron chi connectivity index (χ4n) is 6.42.